The Labute approximate surface area is 300 Å². The average Bonchev–Trinajstić information content (AvgIpc) is 3.09. The van der Waals surface area contributed by atoms with Gasteiger partial charge in [0.05, 0.1) is 18.0 Å². The van der Waals surface area contributed by atoms with E-state index in [1.807, 2.05) is 7.05 Å². The minimum atomic E-state index is -1.07. The maximum atomic E-state index is 12.4. The van der Waals surface area contributed by atoms with Crippen LogP contribution in [0.15, 0.2) is 48.5 Å². The van der Waals surface area contributed by atoms with Crippen LogP contribution in [0.25, 0.3) is 0 Å². The normalized spacial score (nSPS) is 11.9. The number of hydrogen-bond donors (Lipinski definition) is 7. The summed E-state index contributed by atoms with van der Waals surface area (Å²) in [5, 5.41) is 28.1. The third-order valence-corrected chi connectivity index (χ3v) is 7.96. The molecule has 0 heterocycles. The van der Waals surface area contributed by atoms with Crippen molar-refractivity contribution in [3.63, 3.8) is 0 Å². The van der Waals surface area contributed by atoms with Crippen molar-refractivity contribution in [2.24, 2.45) is 11.7 Å². The minimum Gasteiger partial charge on any atom is -0.494 e. The van der Waals surface area contributed by atoms with Crippen LogP contribution in [-0.4, -0.2) is 79.9 Å². The standard InChI is InChI=1S/C37H54N6O8/c1-26(9-3-5-21-40-2)35(46)43-31(36(47)48)10-4-6-22-41-33(44)11-7-12-34(45)42-23-8-24-50-29-19-15-28(16-20-29)37(49)51-30-17-13-27(14-18-30)25-32(38)39/h13-20,26,31,40H,3-12,21-25H2,1-2H3,(H3,38,39)(H,41,44)(H,42,45)(H,43,46)(H,47,48). The fraction of sp³-hybridized carbons (Fsp3) is 0.514. The Morgan fingerprint density at radius 1 is 0.784 bits per heavy atom. The number of carbonyl (C=O) groups excluding carboxylic acids is 4. The molecule has 0 saturated carbocycles. The van der Waals surface area contributed by atoms with Crippen molar-refractivity contribution in [3.05, 3.63) is 59.7 Å². The van der Waals surface area contributed by atoms with Crippen LogP contribution in [0.5, 0.6) is 11.5 Å². The largest absolute Gasteiger partial charge is 0.494 e. The molecular formula is C37H54N6O8. The van der Waals surface area contributed by atoms with E-state index in [0.717, 1.165) is 24.9 Å². The molecule has 51 heavy (non-hydrogen) atoms. The van der Waals surface area contributed by atoms with Crippen molar-refractivity contribution < 1.29 is 38.6 Å². The van der Waals surface area contributed by atoms with Gasteiger partial charge in [-0.3, -0.25) is 19.8 Å². The summed E-state index contributed by atoms with van der Waals surface area (Å²) < 4.78 is 11.1. The van der Waals surface area contributed by atoms with Crippen LogP contribution >= 0.6 is 0 Å². The van der Waals surface area contributed by atoms with Crippen LogP contribution in [0.3, 0.4) is 0 Å². The molecule has 8 N–H and O–H groups in total. The lowest BCUT2D eigenvalue weighted by molar-refractivity contribution is -0.142. The highest BCUT2D eigenvalue weighted by molar-refractivity contribution is 5.91. The number of rotatable bonds is 26. The number of unbranched alkanes of at least 4 members (excludes halogenated alkanes) is 2. The van der Waals surface area contributed by atoms with E-state index in [1.54, 1.807) is 55.5 Å². The first-order chi connectivity index (χ1) is 24.5. The first kappa shape index (κ1) is 42.2. The van der Waals surface area contributed by atoms with Gasteiger partial charge in [0.25, 0.3) is 0 Å². The molecule has 280 valence electrons. The number of nitrogens with two attached hydrogens (primary N) is 1. The lowest BCUT2D eigenvalue weighted by Crippen LogP contribution is -2.43. The Morgan fingerprint density at radius 2 is 1.37 bits per heavy atom. The lowest BCUT2D eigenvalue weighted by atomic mass is 10.0. The van der Waals surface area contributed by atoms with E-state index in [2.05, 4.69) is 21.3 Å². The van der Waals surface area contributed by atoms with Crippen LogP contribution in [0.1, 0.15) is 87.1 Å². The van der Waals surface area contributed by atoms with E-state index in [0.29, 0.717) is 75.3 Å². The molecule has 3 amide bonds. The molecule has 14 nitrogen and oxygen atoms in total. The number of carboxylic acid groups (broad SMARTS) is 1. The highest BCUT2D eigenvalue weighted by atomic mass is 16.5. The van der Waals surface area contributed by atoms with Gasteiger partial charge in [-0.25, -0.2) is 9.59 Å². The number of carboxylic acids is 1. The molecule has 2 rings (SSSR count). The van der Waals surface area contributed by atoms with Crippen LogP contribution < -0.4 is 36.5 Å². The molecule has 0 aliphatic carbocycles. The van der Waals surface area contributed by atoms with Crippen molar-refractivity contribution in [1.82, 2.24) is 21.3 Å². The van der Waals surface area contributed by atoms with Crippen molar-refractivity contribution in [3.8, 4) is 11.5 Å². The van der Waals surface area contributed by atoms with Crippen molar-refractivity contribution in [2.45, 2.75) is 83.6 Å². The number of ether oxygens (including phenoxy) is 2. The van der Waals surface area contributed by atoms with E-state index in [1.165, 1.54) is 0 Å². The number of benzene rings is 2. The van der Waals surface area contributed by atoms with Crippen LogP contribution in [0.2, 0.25) is 0 Å². The van der Waals surface area contributed by atoms with Gasteiger partial charge in [-0.05, 0) is 100 Å². The SMILES string of the molecule is CNCCCCC(C)C(=O)NC(CCCCNC(=O)CCCC(=O)NCCCOc1ccc(C(=O)Oc2ccc(CC(=N)N)cc2)cc1)C(=O)O. The molecule has 14 heteroatoms. The number of nitrogens with one attached hydrogen (secondary N) is 5. The molecular weight excluding hydrogens is 656 g/mol. The maximum Gasteiger partial charge on any atom is 0.343 e. The van der Waals surface area contributed by atoms with E-state index in [4.69, 9.17) is 20.6 Å². The van der Waals surface area contributed by atoms with E-state index in [9.17, 15) is 29.1 Å². The highest BCUT2D eigenvalue weighted by Gasteiger charge is 2.22. The van der Waals surface area contributed by atoms with Gasteiger partial charge >= 0.3 is 11.9 Å². The number of carbonyl (C=O) groups is 5. The molecule has 2 unspecified atom stereocenters. The van der Waals surface area contributed by atoms with E-state index in [-0.39, 0.29) is 48.7 Å². The number of hydrogen-bond acceptors (Lipinski definition) is 9. The van der Waals surface area contributed by atoms with E-state index >= 15 is 0 Å². The molecule has 0 spiro atoms. The molecule has 0 aromatic heterocycles. The predicted molar refractivity (Wildman–Crippen MR) is 194 cm³/mol. The Kier molecular flexibility index (Phi) is 20.0. The van der Waals surface area contributed by atoms with Crippen LogP contribution in [-0.2, 0) is 25.6 Å². The summed E-state index contributed by atoms with van der Waals surface area (Å²) in [6.45, 7) is 3.83. The third-order valence-electron chi connectivity index (χ3n) is 7.96. The van der Waals surface area contributed by atoms with Gasteiger partial charge in [-0.1, -0.05) is 25.5 Å². The second-order valence-corrected chi connectivity index (χ2v) is 12.4. The summed E-state index contributed by atoms with van der Waals surface area (Å²) in [7, 11) is 1.87. The van der Waals surface area contributed by atoms with Crippen LogP contribution in [0.4, 0.5) is 0 Å². The Balaban J connectivity index is 1.52. The Bertz CT molecular complexity index is 1400. The van der Waals surface area contributed by atoms with Crippen molar-refractivity contribution in [2.75, 3.05) is 33.3 Å². The first-order valence-corrected chi connectivity index (χ1v) is 17.6. The number of esters is 1. The second kappa shape index (κ2) is 24.2. The quantitative estimate of drug-likeness (QED) is 0.0248. The highest BCUT2D eigenvalue weighted by Crippen LogP contribution is 2.17. The summed E-state index contributed by atoms with van der Waals surface area (Å²) in [5.74, 6) is -1.42. The van der Waals surface area contributed by atoms with E-state index < -0.39 is 18.0 Å². The molecule has 2 aromatic rings. The van der Waals surface area contributed by atoms with Crippen LogP contribution in [0, 0.1) is 11.3 Å². The monoisotopic (exact) mass is 710 g/mol. The summed E-state index contributed by atoms with van der Waals surface area (Å²) in [6, 6.07) is 12.4. The second-order valence-electron chi connectivity index (χ2n) is 12.4. The molecule has 0 bridgehead atoms. The molecule has 0 aliphatic rings. The molecule has 0 aliphatic heterocycles. The predicted octanol–water partition coefficient (Wildman–Crippen LogP) is 3.32. The van der Waals surface area contributed by atoms with Gasteiger partial charge in [0.15, 0.2) is 0 Å². The summed E-state index contributed by atoms with van der Waals surface area (Å²) in [4.78, 5) is 60.7. The Hall–Kier alpha value is -4.98. The number of amidine groups is 1. The minimum absolute atomic E-state index is 0.0551. The average molecular weight is 711 g/mol. The fourth-order valence-corrected chi connectivity index (χ4v) is 4.98. The zero-order valence-electron chi connectivity index (χ0n) is 29.8. The summed E-state index contributed by atoms with van der Waals surface area (Å²) in [6.07, 6.45) is 5.63. The lowest BCUT2D eigenvalue weighted by Gasteiger charge is -2.18. The van der Waals surface area contributed by atoms with Crippen molar-refractivity contribution in [1.29, 1.82) is 5.41 Å². The molecule has 2 aromatic carbocycles. The van der Waals surface area contributed by atoms with Gasteiger partial charge in [-0.2, -0.15) is 0 Å². The number of amides is 3. The summed E-state index contributed by atoms with van der Waals surface area (Å²) >= 11 is 0. The Morgan fingerprint density at radius 3 is 1.98 bits per heavy atom. The number of aliphatic carboxylic acids is 1. The van der Waals surface area contributed by atoms with Gasteiger partial charge in [0, 0.05) is 38.3 Å². The topological polar surface area (TPSA) is 222 Å². The van der Waals surface area contributed by atoms with Gasteiger partial charge in [-0.15, -0.1) is 0 Å². The summed E-state index contributed by atoms with van der Waals surface area (Å²) in [5.41, 5.74) is 6.61. The molecule has 0 radical (unpaired) electrons. The molecule has 0 saturated heterocycles. The van der Waals surface area contributed by atoms with Crippen molar-refractivity contribution >= 4 is 35.5 Å². The molecule has 0 fully saturated rings. The molecule has 2 atom stereocenters. The zero-order chi connectivity index (χ0) is 37.4. The van der Waals surface area contributed by atoms with Gasteiger partial charge < -0.3 is 41.6 Å². The third kappa shape index (κ3) is 18.5. The van der Waals surface area contributed by atoms with Gasteiger partial charge in [0.2, 0.25) is 17.7 Å². The zero-order valence-corrected chi connectivity index (χ0v) is 29.8. The maximum absolute atomic E-state index is 12.4. The fourth-order valence-electron chi connectivity index (χ4n) is 4.98. The first-order valence-electron chi connectivity index (χ1n) is 17.6. The van der Waals surface area contributed by atoms with Gasteiger partial charge in [0.1, 0.15) is 17.5 Å². The smallest absolute Gasteiger partial charge is 0.343 e.